The molecule has 0 aromatic carbocycles. The molecule has 0 saturated carbocycles. The van der Waals surface area contributed by atoms with E-state index in [0.717, 1.165) is 13.0 Å². The Morgan fingerprint density at radius 3 is 2.50 bits per heavy atom. The molecule has 0 rings (SSSR count). The van der Waals surface area contributed by atoms with Crippen LogP contribution in [0.25, 0.3) is 0 Å². The molecular weight excluding hydrogens is 178 g/mol. The fraction of sp³-hybridized carbons (Fsp3) is 0.900. The summed E-state index contributed by atoms with van der Waals surface area (Å²) in [4.78, 5) is 13.5. The Morgan fingerprint density at radius 1 is 1.50 bits per heavy atom. The Kier molecular flexibility index (Phi) is 6.49. The van der Waals surface area contributed by atoms with Gasteiger partial charge in [0.15, 0.2) is 0 Å². The van der Waals surface area contributed by atoms with Crippen LogP contribution in [0.2, 0.25) is 0 Å². The van der Waals surface area contributed by atoms with Crippen LogP contribution in [0.1, 0.15) is 33.6 Å². The van der Waals surface area contributed by atoms with Crippen molar-refractivity contribution in [3.05, 3.63) is 0 Å². The number of hydrogen-bond donors (Lipinski definition) is 2. The summed E-state index contributed by atoms with van der Waals surface area (Å²) < 4.78 is 0. The first-order valence-electron chi connectivity index (χ1n) is 5.25. The largest absolute Gasteiger partial charge is 0.303 e. The Labute approximate surface area is 86.8 Å². The molecule has 2 unspecified atom stereocenters. The van der Waals surface area contributed by atoms with Gasteiger partial charge < -0.3 is 4.90 Å². The average molecular weight is 201 g/mol. The summed E-state index contributed by atoms with van der Waals surface area (Å²) in [5.74, 6) is 4.93. The predicted octanol–water partition coefficient (Wildman–Crippen LogP) is 0.733. The summed E-state index contributed by atoms with van der Waals surface area (Å²) in [5, 5.41) is 0. The molecule has 4 nitrogen and oxygen atoms in total. The molecule has 0 radical (unpaired) electrons. The van der Waals surface area contributed by atoms with E-state index in [1.165, 1.54) is 6.42 Å². The minimum absolute atomic E-state index is 0.0677. The van der Waals surface area contributed by atoms with E-state index in [1.54, 1.807) is 0 Å². The predicted molar refractivity (Wildman–Crippen MR) is 58.5 cm³/mol. The summed E-state index contributed by atoms with van der Waals surface area (Å²) in [5.41, 5.74) is 2.19. The van der Waals surface area contributed by atoms with Gasteiger partial charge in [0.05, 0.1) is 5.92 Å². The fourth-order valence-corrected chi connectivity index (χ4v) is 1.34. The number of nitrogens with one attached hydrogen (secondary N) is 1. The summed E-state index contributed by atoms with van der Waals surface area (Å²) in [6, 6.07) is 0.227. The lowest BCUT2D eigenvalue weighted by Crippen LogP contribution is -2.44. The van der Waals surface area contributed by atoms with Crippen molar-refractivity contribution in [3.63, 3.8) is 0 Å². The highest BCUT2D eigenvalue weighted by Crippen LogP contribution is 2.09. The third kappa shape index (κ3) is 4.07. The molecule has 0 bridgehead atoms. The molecule has 2 atom stereocenters. The summed E-state index contributed by atoms with van der Waals surface area (Å²) in [6.07, 6.45) is 2.34. The van der Waals surface area contributed by atoms with Crippen LogP contribution in [0.4, 0.5) is 0 Å². The number of hydrazine groups is 1. The van der Waals surface area contributed by atoms with E-state index in [-0.39, 0.29) is 17.9 Å². The van der Waals surface area contributed by atoms with Crippen molar-refractivity contribution in [2.45, 2.75) is 39.7 Å². The van der Waals surface area contributed by atoms with Gasteiger partial charge in [-0.1, -0.05) is 20.3 Å². The number of carbonyl (C=O) groups excluding carboxylic acids is 1. The van der Waals surface area contributed by atoms with E-state index < -0.39 is 0 Å². The molecule has 0 spiro atoms. The van der Waals surface area contributed by atoms with Crippen LogP contribution in [0, 0.1) is 5.92 Å². The second-order valence-corrected chi connectivity index (χ2v) is 3.87. The van der Waals surface area contributed by atoms with Gasteiger partial charge in [-0.25, -0.2) is 5.84 Å². The monoisotopic (exact) mass is 201 g/mol. The van der Waals surface area contributed by atoms with Crippen LogP contribution < -0.4 is 11.3 Å². The minimum Gasteiger partial charge on any atom is -0.303 e. The Bertz CT molecular complexity index is 173. The molecule has 0 aliphatic carbocycles. The van der Waals surface area contributed by atoms with E-state index in [1.807, 2.05) is 14.0 Å². The highest BCUT2D eigenvalue weighted by atomic mass is 16.2. The molecule has 1 amide bonds. The van der Waals surface area contributed by atoms with Gasteiger partial charge in [-0.05, 0) is 26.9 Å². The molecule has 0 saturated heterocycles. The number of carbonyl (C=O) groups is 1. The van der Waals surface area contributed by atoms with Gasteiger partial charge in [-0.2, -0.15) is 0 Å². The zero-order valence-corrected chi connectivity index (χ0v) is 9.71. The maximum atomic E-state index is 11.3. The van der Waals surface area contributed by atoms with Gasteiger partial charge in [0.2, 0.25) is 5.91 Å². The van der Waals surface area contributed by atoms with Crippen LogP contribution in [-0.2, 0) is 4.79 Å². The number of nitrogens with two attached hydrogens (primary N) is 1. The first kappa shape index (κ1) is 13.4. The van der Waals surface area contributed by atoms with Crippen molar-refractivity contribution in [2.24, 2.45) is 11.8 Å². The molecular formula is C10H23N3O. The van der Waals surface area contributed by atoms with E-state index >= 15 is 0 Å². The van der Waals surface area contributed by atoms with Gasteiger partial charge in [-0.15, -0.1) is 0 Å². The molecule has 0 heterocycles. The fourth-order valence-electron chi connectivity index (χ4n) is 1.34. The first-order chi connectivity index (χ1) is 6.54. The Hall–Kier alpha value is -0.610. The zero-order valence-electron chi connectivity index (χ0n) is 9.71. The summed E-state index contributed by atoms with van der Waals surface area (Å²) in [6.45, 7) is 7.14. The highest BCUT2D eigenvalue weighted by Gasteiger charge is 2.22. The van der Waals surface area contributed by atoms with Crippen molar-refractivity contribution in [1.29, 1.82) is 0 Å². The van der Waals surface area contributed by atoms with Crippen molar-refractivity contribution in [2.75, 3.05) is 13.6 Å². The molecule has 3 N–H and O–H groups in total. The van der Waals surface area contributed by atoms with Gasteiger partial charge >= 0.3 is 0 Å². The molecule has 0 aromatic rings. The van der Waals surface area contributed by atoms with Crippen LogP contribution in [-0.4, -0.2) is 30.4 Å². The number of unbranched alkanes of at least 4 members (excludes halogenated alkanes) is 1. The smallest absolute Gasteiger partial charge is 0.238 e. The minimum atomic E-state index is -0.0964. The summed E-state index contributed by atoms with van der Waals surface area (Å²) in [7, 11) is 2.04. The van der Waals surface area contributed by atoms with E-state index in [9.17, 15) is 4.79 Å². The SMILES string of the molecule is CCCCN(C)C(C)C(C)C(=O)NN. The third-order valence-corrected chi connectivity index (χ3v) is 2.84. The average Bonchev–Trinajstić information content (AvgIpc) is 2.22. The van der Waals surface area contributed by atoms with E-state index in [0.29, 0.717) is 0 Å². The standard InChI is InChI=1S/C10H23N3O/c1-5-6-7-13(4)9(3)8(2)10(14)12-11/h8-9H,5-7,11H2,1-4H3,(H,12,14). The Balaban J connectivity index is 4.02. The lowest BCUT2D eigenvalue weighted by molar-refractivity contribution is -0.126. The van der Waals surface area contributed by atoms with Crippen molar-refractivity contribution < 1.29 is 4.79 Å². The molecule has 4 heteroatoms. The highest BCUT2D eigenvalue weighted by molar-refractivity contribution is 5.78. The molecule has 84 valence electrons. The maximum Gasteiger partial charge on any atom is 0.238 e. The number of amides is 1. The first-order valence-corrected chi connectivity index (χ1v) is 5.25. The van der Waals surface area contributed by atoms with Crippen LogP contribution >= 0.6 is 0 Å². The second-order valence-electron chi connectivity index (χ2n) is 3.87. The number of rotatable bonds is 6. The molecule has 0 aliphatic heterocycles. The normalized spacial score (nSPS) is 15.3. The number of hydrogen-bond acceptors (Lipinski definition) is 3. The van der Waals surface area contributed by atoms with Gasteiger partial charge in [-0.3, -0.25) is 10.2 Å². The van der Waals surface area contributed by atoms with Crippen molar-refractivity contribution in [1.82, 2.24) is 10.3 Å². The van der Waals surface area contributed by atoms with Crippen molar-refractivity contribution in [3.8, 4) is 0 Å². The van der Waals surface area contributed by atoms with Crippen LogP contribution in [0.5, 0.6) is 0 Å². The second kappa shape index (κ2) is 6.79. The molecule has 14 heavy (non-hydrogen) atoms. The van der Waals surface area contributed by atoms with E-state index in [4.69, 9.17) is 5.84 Å². The van der Waals surface area contributed by atoms with Crippen molar-refractivity contribution >= 4 is 5.91 Å². The van der Waals surface area contributed by atoms with Gasteiger partial charge in [0.25, 0.3) is 0 Å². The quantitative estimate of drug-likeness (QED) is 0.378. The molecule has 0 fully saturated rings. The van der Waals surface area contributed by atoms with Gasteiger partial charge in [0.1, 0.15) is 0 Å². The Morgan fingerprint density at radius 2 is 2.07 bits per heavy atom. The summed E-state index contributed by atoms with van der Waals surface area (Å²) >= 11 is 0. The lowest BCUT2D eigenvalue weighted by Gasteiger charge is -2.28. The third-order valence-electron chi connectivity index (χ3n) is 2.84. The molecule has 0 aliphatic rings. The topological polar surface area (TPSA) is 58.4 Å². The maximum absolute atomic E-state index is 11.3. The van der Waals surface area contributed by atoms with Gasteiger partial charge in [0, 0.05) is 6.04 Å². The van der Waals surface area contributed by atoms with Crippen LogP contribution in [0.3, 0.4) is 0 Å². The molecule has 0 aromatic heterocycles. The van der Waals surface area contributed by atoms with Crippen LogP contribution in [0.15, 0.2) is 0 Å². The van der Waals surface area contributed by atoms with E-state index in [2.05, 4.69) is 24.2 Å². The number of nitrogens with zero attached hydrogens (tertiary/aromatic N) is 1. The zero-order chi connectivity index (χ0) is 11.1. The lowest BCUT2D eigenvalue weighted by atomic mass is 10.0.